The number of rotatable bonds is 2. The maximum atomic E-state index is 12.8. The normalized spacial score (nSPS) is 18.8. The highest BCUT2D eigenvalue weighted by atomic mass is 79.9. The highest BCUT2D eigenvalue weighted by Gasteiger charge is 2.54. The molecule has 0 atom stereocenters. The molecule has 0 N–H and O–H groups in total. The van der Waals surface area contributed by atoms with Gasteiger partial charge in [-0.05, 0) is 49.6 Å². The van der Waals surface area contributed by atoms with Gasteiger partial charge >= 0.3 is 0 Å². The number of anilines is 1. The van der Waals surface area contributed by atoms with Crippen LogP contribution in [0.15, 0.2) is 54.6 Å². The molecule has 0 aliphatic carbocycles. The Kier molecular flexibility index (Phi) is 3.91. The Labute approximate surface area is 145 Å². The lowest BCUT2D eigenvalue weighted by molar-refractivity contribution is 0.100. The molecule has 1 heterocycles. The van der Waals surface area contributed by atoms with Gasteiger partial charge in [-0.15, -0.1) is 0 Å². The number of benzene rings is 2. The van der Waals surface area contributed by atoms with Crippen molar-refractivity contribution in [1.82, 2.24) is 0 Å². The summed E-state index contributed by atoms with van der Waals surface area (Å²) in [6, 6.07) is 15.9. The second-order valence-electron chi connectivity index (χ2n) is 4.86. The molecule has 0 fully saturated rings. The fourth-order valence-electron chi connectivity index (χ4n) is 2.34. The van der Waals surface area contributed by atoms with Crippen LogP contribution in [0.2, 0.25) is 0 Å². The lowest BCUT2D eigenvalue weighted by Gasteiger charge is -2.36. The lowest BCUT2D eigenvalue weighted by Crippen LogP contribution is -2.50. The second-order valence-corrected chi connectivity index (χ2v) is 11.4. The number of carbonyl (C=O) groups excluding carboxylic acids is 1. The van der Waals surface area contributed by atoms with Crippen molar-refractivity contribution in [3.8, 4) is 0 Å². The van der Waals surface area contributed by atoms with E-state index in [0.29, 0.717) is 11.3 Å². The number of carbonyl (C=O) groups is 1. The summed E-state index contributed by atoms with van der Waals surface area (Å²) in [5.41, 5.74) is 1.60. The van der Waals surface area contributed by atoms with Gasteiger partial charge in [0.25, 0.3) is 12.6 Å². The molecule has 0 bridgehead atoms. The summed E-state index contributed by atoms with van der Waals surface area (Å²) in [6.07, 6.45) is 0. The summed E-state index contributed by atoms with van der Waals surface area (Å²) in [5, 5.41) is 0. The van der Waals surface area contributed by atoms with Crippen LogP contribution in [-0.2, 0) is 16.6 Å². The summed E-state index contributed by atoms with van der Waals surface area (Å²) in [5.74, 6) is -0.521. The molecule has 2 aromatic rings. The summed E-state index contributed by atoms with van der Waals surface area (Å²) >= 11 is 6.08. The van der Waals surface area contributed by atoms with Gasteiger partial charge in [0, 0.05) is 5.56 Å². The average Bonchev–Trinajstić information content (AvgIpc) is 2.51. The maximum Gasteiger partial charge on any atom is 0.269 e. The first kappa shape index (κ1) is 15.7. The Hall–Kier alpha value is -1.18. The van der Waals surface area contributed by atoms with E-state index in [2.05, 4.69) is 31.9 Å². The van der Waals surface area contributed by atoms with Gasteiger partial charge in [-0.3, -0.25) is 9.10 Å². The van der Waals surface area contributed by atoms with Crippen molar-refractivity contribution in [2.45, 2.75) is 9.11 Å². The van der Waals surface area contributed by atoms with Crippen LogP contribution in [0.25, 0.3) is 0 Å². The van der Waals surface area contributed by atoms with Crippen molar-refractivity contribution >= 4 is 53.4 Å². The zero-order valence-corrected chi connectivity index (χ0v) is 15.2. The molecular weight excluding hydrogens is 434 g/mol. The summed E-state index contributed by atoms with van der Waals surface area (Å²) < 4.78 is 25.1. The van der Waals surface area contributed by atoms with Gasteiger partial charge in [0.1, 0.15) is 0 Å². The molecule has 7 heteroatoms. The highest BCUT2D eigenvalue weighted by molar-refractivity contribution is 9.28. The molecular formula is C15H11Br2NO3S. The van der Waals surface area contributed by atoms with Crippen molar-refractivity contribution in [2.24, 2.45) is 0 Å². The predicted molar refractivity (Wildman–Crippen MR) is 92.9 cm³/mol. The van der Waals surface area contributed by atoms with Crippen LogP contribution < -0.4 is 4.31 Å². The Morgan fingerprint density at radius 1 is 0.955 bits per heavy atom. The van der Waals surface area contributed by atoms with Gasteiger partial charge in [0.2, 0.25) is 5.78 Å². The minimum absolute atomic E-state index is 0.159. The number of fused-ring (bicyclic) bond motifs is 1. The maximum absolute atomic E-state index is 12.8. The number of Topliss-reactive ketones (excluding diaryl/α,β-unsaturated/α-hetero) is 1. The first-order chi connectivity index (χ1) is 10.4. The summed E-state index contributed by atoms with van der Waals surface area (Å²) in [6.45, 7) is 0.159. The zero-order chi connectivity index (χ0) is 16.0. The second kappa shape index (κ2) is 5.47. The van der Waals surface area contributed by atoms with Crippen molar-refractivity contribution < 1.29 is 13.2 Å². The van der Waals surface area contributed by atoms with Gasteiger partial charge in [0.15, 0.2) is 0 Å². The van der Waals surface area contributed by atoms with Gasteiger partial charge in [-0.1, -0.05) is 42.5 Å². The molecule has 114 valence electrons. The van der Waals surface area contributed by atoms with Crippen LogP contribution in [0.4, 0.5) is 5.69 Å². The van der Waals surface area contributed by atoms with E-state index in [1.54, 1.807) is 24.3 Å². The fourth-order valence-corrected chi connectivity index (χ4v) is 5.18. The van der Waals surface area contributed by atoms with E-state index in [1.165, 1.54) is 4.31 Å². The largest absolute Gasteiger partial charge is 0.290 e. The van der Waals surface area contributed by atoms with E-state index < -0.39 is 18.4 Å². The first-order valence-corrected chi connectivity index (χ1v) is 9.46. The van der Waals surface area contributed by atoms with Gasteiger partial charge < -0.3 is 0 Å². The molecule has 0 saturated carbocycles. The molecule has 0 aromatic heterocycles. The molecule has 0 unspecified atom stereocenters. The average molecular weight is 445 g/mol. The monoisotopic (exact) mass is 443 g/mol. The lowest BCUT2D eigenvalue weighted by atomic mass is 10.1. The Morgan fingerprint density at radius 3 is 2.23 bits per heavy atom. The van der Waals surface area contributed by atoms with E-state index in [0.717, 1.165) is 5.56 Å². The number of nitrogens with zero attached hydrogens (tertiary/aromatic N) is 1. The number of halogens is 2. The van der Waals surface area contributed by atoms with E-state index in [1.807, 2.05) is 30.3 Å². The van der Waals surface area contributed by atoms with Crippen LogP contribution in [0, 0.1) is 0 Å². The SMILES string of the molecule is O=C1c2ccccc2N(Cc2ccccc2)S(=O)(=O)C1(Br)Br. The number of para-hydroxylation sites is 1. The van der Waals surface area contributed by atoms with Crippen LogP contribution in [0.1, 0.15) is 15.9 Å². The predicted octanol–water partition coefficient (Wildman–Crippen LogP) is 3.66. The van der Waals surface area contributed by atoms with E-state index in [4.69, 9.17) is 0 Å². The van der Waals surface area contributed by atoms with Crippen molar-refractivity contribution in [2.75, 3.05) is 4.31 Å². The third-order valence-corrected chi connectivity index (χ3v) is 8.38. The Bertz CT molecular complexity index is 835. The van der Waals surface area contributed by atoms with Gasteiger partial charge in [-0.25, -0.2) is 8.42 Å². The van der Waals surface area contributed by atoms with E-state index in [9.17, 15) is 13.2 Å². The standard InChI is InChI=1S/C15H11Br2NO3S/c16-15(17)14(19)12-8-4-5-9-13(12)18(22(15,20)21)10-11-6-2-1-3-7-11/h1-9H,10H2. The third kappa shape index (κ3) is 2.31. The molecule has 22 heavy (non-hydrogen) atoms. The van der Waals surface area contributed by atoms with Crippen LogP contribution in [-0.4, -0.2) is 16.8 Å². The number of ketones is 1. The molecule has 0 amide bonds. The minimum atomic E-state index is -3.95. The smallest absolute Gasteiger partial charge is 0.269 e. The number of hydrogen-bond acceptors (Lipinski definition) is 3. The number of sulfonamides is 1. The molecule has 0 radical (unpaired) electrons. The molecule has 1 aliphatic rings. The topological polar surface area (TPSA) is 54.5 Å². The van der Waals surface area contributed by atoms with E-state index >= 15 is 0 Å². The Morgan fingerprint density at radius 2 is 1.55 bits per heavy atom. The highest BCUT2D eigenvalue weighted by Crippen LogP contribution is 2.46. The molecule has 4 nitrogen and oxygen atoms in total. The van der Waals surface area contributed by atoms with E-state index in [-0.39, 0.29) is 6.54 Å². The van der Waals surface area contributed by atoms with Crippen molar-refractivity contribution in [1.29, 1.82) is 0 Å². The molecule has 3 rings (SSSR count). The number of alkyl halides is 2. The molecule has 0 spiro atoms. The molecule has 2 aromatic carbocycles. The molecule has 0 saturated heterocycles. The first-order valence-electron chi connectivity index (χ1n) is 6.43. The Balaban J connectivity index is 2.18. The summed E-state index contributed by atoms with van der Waals surface area (Å²) in [7, 11) is -3.95. The van der Waals surface area contributed by atoms with Crippen molar-refractivity contribution in [3.63, 3.8) is 0 Å². The van der Waals surface area contributed by atoms with Crippen LogP contribution in [0.3, 0.4) is 0 Å². The van der Waals surface area contributed by atoms with Crippen LogP contribution in [0.5, 0.6) is 0 Å². The quantitative estimate of drug-likeness (QED) is 0.664. The molecule has 1 aliphatic heterocycles. The minimum Gasteiger partial charge on any atom is -0.290 e. The van der Waals surface area contributed by atoms with Crippen LogP contribution >= 0.6 is 31.9 Å². The fraction of sp³-hybridized carbons (Fsp3) is 0.133. The number of hydrogen-bond donors (Lipinski definition) is 0. The third-order valence-electron chi connectivity index (χ3n) is 3.46. The summed E-state index contributed by atoms with van der Waals surface area (Å²) in [4.78, 5) is 12.5. The van der Waals surface area contributed by atoms with Gasteiger partial charge in [0.05, 0.1) is 12.2 Å². The van der Waals surface area contributed by atoms with Gasteiger partial charge in [-0.2, -0.15) is 0 Å². The van der Waals surface area contributed by atoms with Crippen molar-refractivity contribution in [3.05, 3.63) is 65.7 Å². The zero-order valence-electron chi connectivity index (χ0n) is 11.2.